The van der Waals surface area contributed by atoms with Crippen LogP contribution in [0.5, 0.6) is 0 Å². The van der Waals surface area contributed by atoms with E-state index >= 15 is 0 Å². The topological polar surface area (TPSA) is 33.1 Å². The van der Waals surface area contributed by atoms with Crippen molar-refractivity contribution in [3.05, 3.63) is 63.5 Å². The summed E-state index contributed by atoms with van der Waals surface area (Å²) in [6.45, 7) is 4.15. The van der Waals surface area contributed by atoms with Gasteiger partial charge in [-0.05, 0) is 31.5 Å². The van der Waals surface area contributed by atoms with Crippen molar-refractivity contribution < 1.29 is 5.11 Å². The maximum Gasteiger partial charge on any atom is 0.115 e. The molecule has 2 heterocycles. The van der Waals surface area contributed by atoms with E-state index in [1.165, 1.54) is 10.4 Å². The highest BCUT2D eigenvalue weighted by molar-refractivity contribution is 7.12. The van der Waals surface area contributed by atoms with E-state index < -0.39 is 6.10 Å². The van der Waals surface area contributed by atoms with E-state index in [-0.39, 0.29) is 0 Å². The zero-order valence-electron chi connectivity index (χ0n) is 10.9. The number of nitrogens with zero attached hydrogens (tertiary/aromatic N) is 1. The molecule has 0 radical (unpaired) electrons. The highest BCUT2D eigenvalue weighted by atomic mass is 32.1. The molecule has 0 aliphatic rings. The van der Waals surface area contributed by atoms with Crippen LogP contribution >= 0.6 is 11.3 Å². The Morgan fingerprint density at radius 1 is 1.16 bits per heavy atom. The van der Waals surface area contributed by atoms with Crippen LogP contribution in [0.15, 0.2) is 42.6 Å². The highest BCUT2D eigenvalue weighted by Gasteiger charge is 2.16. The molecule has 3 rings (SSSR count). The number of benzene rings is 1. The Morgan fingerprint density at radius 3 is 2.68 bits per heavy atom. The first-order valence-corrected chi connectivity index (χ1v) is 7.07. The fraction of sp³-hybridized carbons (Fsp3) is 0.188. The summed E-state index contributed by atoms with van der Waals surface area (Å²) in [5.41, 5.74) is 2.98. The number of pyridine rings is 1. The van der Waals surface area contributed by atoms with Gasteiger partial charge in [0.1, 0.15) is 6.10 Å². The molecule has 0 aliphatic heterocycles. The van der Waals surface area contributed by atoms with E-state index in [2.05, 4.69) is 24.9 Å². The fourth-order valence-electron chi connectivity index (χ4n) is 2.24. The van der Waals surface area contributed by atoms with Crippen LogP contribution in [0.25, 0.3) is 10.9 Å². The number of aromatic nitrogens is 1. The summed E-state index contributed by atoms with van der Waals surface area (Å²) >= 11 is 1.65. The van der Waals surface area contributed by atoms with Gasteiger partial charge < -0.3 is 5.11 Å². The van der Waals surface area contributed by atoms with Crippen LogP contribution in [0.2, 0.25) is 0 Å². The van der Waals surface area contributed by atoms with Gasteiger partial charge in [-0.2, -0.15) is 0 Å². The highest BCUT2D eigenvalue weighted by Crippen LogP contribution is 2.33. The Kier molecular flexibility index (Phi) is 3.09. The van der Waals surface area contributed by atoms with Gasteiger partial charge in [0.15, 0.2) is 0 Å². The van der Waals surface area contributed by atoms with Crippen LogP contribution in [0, 0.1) is 13.8 Å². The first-order valence-electron chi connectivity index (χ1n) is 6.25. The lowest BCUT2D eigenvalue weighted by Crippen LogP contribution is -1.99. The van der Waals surface area contributed by atoms with E-state index in [9.17, 15) is 5.11 Å². The molecule has 3 aromatic rings. The van der Waals surface area contributed by atoms with Gasteiger partial charge in [0.2, 0.25) is 0 Å². The second kappa shape index (κ2) is 4.76. The molecule has 0 aliphatic carbocycles. The zero-order valence-corrected chi connectivity index (χ0v) is 11.7. The minimum atomic E-state index is -0.601. The lowest BCUT2D eigenvalue weighted by atomic mass is 10.0. The quantitative estimate of drug-likeness (QED) is 0.763. The lowest BCUT2D eigenvalue weighted by molar-refractivity contribution is 0.225. The molecule has 19 heavy (non-hydrogen) atoms. The van der Waals surface area contributed by atoms with E-state index in [0.717, 1.165) is 21.3 Å². The smallest absolute Gasteiger partial charge is 0.115 e. The maximum absolute atomic E-state index is 10.6. The van der Waals surface area contributed by atoms with Crippen molar-refractivity contribution in [2.45, 2.75) is 20.0 Å². The number of thiophene rings is 1. The number of para-hydroxylation sites is 1. The molecule has 0 saturated heterocycles. The SMILES string of the molecule is Cc1cc(C(O)c2cccc3cccnc23)sc1C. The maximum atomic E-state index is 10.6. The molecule has 0 amide bonds. The van der Waals surface area contributed by atoms with Crippen LogP contribution in [-0.2, 0) is 0 Å². The average Bonchev–Trinajstić information content (AvgIpc) is 2.77. The minimum Gasteiger partial charge on any atom is -0.383 e. The third-order valence-electron chi connectivity index (χ3n) is 3.41. The predicted octanol–water partition coefficient (Wildman–Crippen LogP) is 3.99. The van der Waals surface area contributed by atoms with Crippen molar-refractivity contribution in [3.8, 4) is 0 Å². The first kappa shape index (κ1) is 12.3. The van der Waals surface area contributed by atoms with Gasteiger partial charge in [0.05, 0.1) is 5.52 Å². The van der Waals surface area contributed by atoms with Crippen molar-refractivity contribution in [3.63, 3.8) is 0 Å². The van der Waals surface area contributed by atoms with Gasteiger partial charge in [-0.3, -0.25) is 4.98 Å². The lowest BCUT2D eigenvalue weighted by Gasteiger charge is -2.11. The Morgan fingerprint density at radius 2 is 1.95 bits per heavy atom. The standard InChI is InChI=1S/C16H15NOS/c1-10-9-14(19-11(10)2)16(18)13-7-3-5-12-6-4-8-17-15(12)13/h3-9,16,18H,1-2H3. The van der Waals surface area contributed by atoms with E-state index in [4.69, 9.17) is 0 Å². The largest absolute Gasteiger partial charge is 0.383 e. The van der Waals surface area contributed by atoms with Crippen LogP contribution in [0.4, 0.5) is 0 Å². The number of hydrogen-bond donors (Lipinski definition) is 1. The Balaban J connectivity index is 2.13. The van der Waals surface area contributed by atoms with Crippen LogP contribution in [0.1, 0.15) is 27.0 Å². The minimum absolute atomic E-state index is 0.601. The van der Waals surface area contributed by atoms with Crippen LogP contribution in [0.3, 0.4) is 0 Å². The molecule has 0 spiro atoms. The normalized spacial score (nSPS) is 12.8. The van der Waals surface area contributed by atoms with E-state index in [1.54, 1.807) is 17.5 Å². The molecule has 96 valence electrons. The van der Waals surface area contributed by atoms with Gasteiger partial charge in [0.25, 0.3) is 0 Å². The summed E-state index contributed by atoms with van der Waals surface area (Å²) < 4.78 is 0. The Bertz CT molecular complexity index is 708. The van der Waals surface area contributed by atoms with Crippen molar-refractivity contribution in [2.24, 2.45) is 0 Å². The Hall–Kier alpha value is -1.71. The number of aliphatic hydroxyl groups is 1. The average molecular weight is 269 g/mol. The van der Waals surface area contributed by atoms with E-state index in [0.29, 0.717) is 0 Å². The zero-order chi connectivity index (χ0) is 13.4. The fourth-order valence-corrected chi connectivity index (χ4v) is 3.29. The molecular weight excluding hydrogens is 254 g/mol. The van der Waals surface area contributed by atoms with Crippen LogP contribution in [-0.4, -0.2) is 10.1 Å². The second-order valence-electron chi connectivity index (χ2n) is 4.71. The molecule has 2 aromatic heterocycles. The molecular formula is C16H15NOS. The third kappa shape index (κ3) is 2.15. The summed E-state index contributed by atoms with van der Waals surface area (Å²) in [5, 5.41) is 11.7. The third-order valence-corrected chi connectivity index (χ3v) is 4.62. The van der Waals surface area contributed by atoms with Gasteiger partial charge >= 0.3 is 0 Å². The second-order valence-corrected chi connectivity index (χ2v) is 6.00. The molecule has 1 unspecified atom stereocenters. The Labute approximate surface area is 116 Å². The molecule has 0 saturated carbocycles. The number of fused-ring (bicyclic) bond motifs is 1. The van der Waals surface area contributed by atoms with Crippen molar-refractivity contribution in [1.82, 2.24) is 4.98 Å². The number of hydrogen-bond acceptors (Lipinski definition) is 3. The van der Waals surface area contributed by atoms with E-state index in [1.807, 2.05) is 30.3 Å². The monoisotopic (exact) mass is 269 g/mol. The van der Waals surface area contributed by atoms with Gasteiger partial charge in [-0.15, -0.1) is 11.3 Å². The molecule has 1 atom stereocenters. The molecule has 3 heteroatoms. The summed E-state index contributed by atoms with van der Waals surface area (Å²) in [4.78, 5) is 6.63. The predicted molar refractivity (Wildman–Crippen MR) is 79.6 cm³/mol. The number of aryl methyl sites for hydroxylation is 2. The molecule has 1 N–H and O–H groups in total. The van der Waals surface area contributed by atoms with Gasteiger partial charge in [-0.25, -0.2) is 0 Å². The summed E-state index contributed by atoms with van der Waals surface area (Å²) in [5.74, 6) is 0. The summed E-state index contributed by atoms with van der Waals surface area (Å²) in [6.07, 6.45) is 1.17. The van der Waals surface area contributed by atoms with Crippen molar-refractivity contribution >= 4 is 22.2 Å². The molecule has 0 fully saturated rings. The molecule has 1 aromatic carbocycles. The number of aliphatic hydroxyl groups excluding tert-OH is 1. The summed E-state index contributed by atoms with van der Waals surface area (Å²) in [6, 6.07) is 11.9. The number of rotatable bonds is 2. The van der Waals surface area contributed by atoms with Crippen LogP contribution < -0.4 is 0 Å². The van der Waals surface area contributed by atoms with Crippen molar-refractivity contribution in [2.75, 3.05) is 0 Å². The summed E-state index contributed by atoms with van der Waals surface area (Å²) in [7, 11) is 0. The van der Waals surface area contributed by atoms with Gasteiger partial charge in [0, 0.05) is 26.9 Å². The first-order chi connectivity index (χ1) is 9.16. The van der Waals surface area contributed by atoms with Gasteiger partial charge in [-0.1, -0.05) is 24.3 Å². The molecule has 0 bridgehead atoms. The molecule has 2 nitrogen and oxygen atoms in total. The van der Waals surface area contributed by atoms with Crippen molar-refractivity contribution in [1.29, 1.82) is 0 Å².